The van der Waals surface area contributed by atoms with Gasteiger partial charge in [0.2, 0.25) is 0 Å². The quantitative estimate of drug-likeness (QED) is 0.512. The molecule has 1 saturated heterocycles. The Bertz CT molecular complexity index is 1040. The Hall–Kier alpha value is -2.55. The van der Waals surface area contributed by atoms with E-state index in [1.54, 1.807) is 25.2 Å². The molecule has 0 aliphatic carbocycles. The zero-order chi connectivity index (χ0) is 24.6. The van der Waals surface area contributed by atoms with Gasteiger partial charge in [-0.15, -0.1) is 0 Å². The van der Waals surface area contributed by atoms with Gasteiger partial charge in [-0.25, -0.2) is 13.9 Å². The van der Waals surface area contributed by atoms with Gasteiger partial charge in [0.25, 0.3) is 5.91 Å². The minimum absolute atomic E-state index is 0.0165. The number of piperazine rings is 1. The van der Waals surface area contributed by atoms with Gasteiger partial charge in [-0.3, -0.25) is 9.69 Å². The van der Waals surface area contributed by atoms with Crippen molar-refractivity contribution in [2.45, 2.75) is 45.8 Å². The predicted molar refractivity (Wildman–Crippen MR) is 126 cm³/mol. The van der Waals surface area contributed by atoms with Crippen LogP contribution in [0.5, 0.6) is 0 Å². The van der Waals surface area contributed by atoms with Crippen molar-refractivity contribution in [2.24, 2.45) is 0 Å². The summed E-state index contributed by atoms with van der Waals surface area (Å²) in [6, 6.07) is 7.69. The Morgan fingerprint density at radius 2 is 2.00 bits per heavy atom. The molecule has 0 radical (unpaired) electrons. The molecule has 2 atom stereocenters. The van der Waals surface area contributed by atoms with E-state index in [1.807, 2.05) is 27.7 Å². The second-order valence-electron chi connectivity index (χ2n) is 9.64. The molecule has 2 aromatic rings. The van der Waals surface area contributed by atoms with Crippen molar-refractivity contribution in [1.82, 2.24) is 9.88 Å². The van der Waals surface area contributed by atoms with E-state index >= 15 is 0 Å². The lowest BCUT2D eigenvalue weighted by atomic mass is 9.95. The molecule has 2 amide bonds. The Morgan fingerprint density at radius 3 is 2.52 bits per heavy atom. The molecule has 1 N–H and O–H groups in total. The van der Waals surface area contributed by atoms with E-state index in [2.05, 4.69) is 9.88 Å². The van der Waals surface area contributed by atoms with Gasteiger partial charge in [0.05, 0.1) is 12.1 Å². The minimum Gasteiger partial charge on any atom is -0.435 e. The molecule has 1 aliphatic heterocycles. The van der Waals surface area contributed by atoms with E-state index in [0.717, 1.165) is 0 Å². The Balaban J connectivity index is 1.72. The lowest BCUT2D eigenvalue weighted by Crippen LogP contribution is -2.73. The van der Waals surface area contributed by atoms with Crippen molar-refractivity contribution >= 4 is 29.3 Å². The summed E-state index contributed by atoms with van der Waals surface area (Å²) in [5.74, 6) is -0.726. The maximum absolute atomic E-state index is 15.0. The van der Waals surface area contributed by atoms with E-state index in [0.29, 0.717) is 48.1 Å². The van der Waals surface area contributed by atoms with Gasteiger partial charge in [0.15, 0.2) is 0 Å². The third-order valence-corrected chi connectivity index (χ3v) is 6.90. The number of nitrogens with zero attached hydrogens (tertiary/aromatic N) is 4. The molecule has 1 unspecified atom stereocenters. The molecule has 33 heavy (non-hydrogen) atoms. The molecule has 2 heterocycles. The number of hydrogen-bond donors (Lipinski definition) is 1. The summed E-state index contributed by atoms with van der Waals surface area (Å²) in [5.41, 5.74) is 0.845. The van der Waals surface area contributed by atoms with Gasteiger partial charge in [-0.2, -0.15) is 4.79 Å². The van der Waals surface area contributed by atoms with Crippen LogP contribution in [-0.2, 0) is 6.54 Å². The van der Waals surface area contributed by atoms with Gasteiger partial charge in [-0.05, 0) is 52.0 Å². The first-order valence-electron chi connectivity index (χ1n) is 10.9. The number of aromatic nitrogens is 1. The highest BCUT2D eigenvalue weighted by atomic mass is 35.5. The number of rotatable bonds is 4. The van der Waals surface area contributed by atoms with Crippen LogP contribution < -0.4 is 4.90 Å². The fraction of sp³-hybridized carbons (Fsp3) is 0.458. The molecule has 3 rings (SSSR count). The Morgan fingerprint density at radius 1 is 1.30 bits per heavy atom. The van der Waals surface area contributed by atoms with Crippen LogP contribution in [0, 0.1) is 5.82 Å². The molecule has 0 spiro atoms. The molecule has 9 heteroatoms. The smallest absolute Gasteiger partial charge is 0.435 e. The zero-order valence-corrected chi connectivity index (χ0v) is 20.4. The highest BCUT2D eigenvalue weighted by Crippen LogP contribution is 2.33. The van der Waals surface area contributed by atoms with Crippen molar-refractivity contribution in [2.75, 3.05) is 31.6 Å². The molecular weight excluding hydrogens is 447 g/mol. The summed E-state index contributed by atoms with van der Waals surface area (Å²) in [7, 11) is 1.58. The van der Waals surface area contributed by atoms with Crippen molar-refractivity contribution in [1.29, 1.82) is 0 Å². The maximum Gasteiger partial charge on any atom is 0.514 e. The van der Waals surface area contributed by atoms with Crippen molar-refractivity contribution in [3.8, 4) is 0 Å². The Kier molecular flexibility index (Phi) is 7.12. The molecule has 7 nitrogen and oxygen atoms in total. The van der Waals surface area contributed by atoms with Crippen LogP contribution >= 0.6 is 11.6 Å². The van der Waals surface area contributed by atoms with E-state index in [-0.39, 0.29) is 16.4 Å². The standard InChI is InChI=1S/C24H30ClFN4O3/c1-16-14-29(10-11-30(16,23(32)33)24(2,3)4)15-18-6-8-19(12-20(18)26)28(5)22(31)17-7-9-21(25)27-13-17/h6-9,12-13,16H,10-11,14-15H2,1-5H3/p+1/t16-,30?/m0/s1. The second-order valence-corrected chi connectivity index (χ2v) is 10.0. The number of halogens is 2. The highest BCUT2D eigenvalue weighted by molar-refractivity contribution is 6.29. The third-order valence-electron chi connectivity index (χ3n) is 6.68. The molecule has 1 aliphatic rings. The number of carbonyl (C=O) groups excluding carboxylic acids is 1. The fourth-order valence-corrected chi connectivity index (χ4v) is 4.87. The lowest BCUT2D eigenvalue weighted by molar-refractivity contribution is -0.929. The van der Waals surface area contributed by atoms with Gasteiger partial charge >= 0.3 is 6.09 Å². The number of anilines is 1. The normalized spacial score (nSPS) is 21.6. The largest absolute Gasteiger partial charge is 0.514 e. The van der Waals surface area contributed by atoms with E-state index in [9.17, 15) is 19.1 Å². The number of quaternary nitrogens is 1. The van der Waals surface area contributed by atoms with Crippen LogP contribution in [0.2, 0.25) is 5.15 Å². The first kappa shape index (κ1) is 25.1. The molecule has 1 aromatic carbocycles. The first-order valence-corrected chi connectivity index (χ1v) is 11.3. The molecule has 0 bridgehead atoms. The first-order chi connectivity index (χ1) is 15.4. The fourth-order valence-electron chi connectivity index (χ4n) is 4.76. The van der Waals surface area contributed by atoms with Crippen molar-refractivity contribution < 1.29 is 23.6 Å². The number of pyridine rings is 1. The van der Waals surface area contributed by atoms with Crippen molar-refractivity contribution in [3.05, 3.63) is 58.6 Å². The molecule has 1 fully saturated rings. The second kappa shape index (κ2) is 9.37. The third kappa shape index (κ3) is 4.88. The van der Waals surface area contributed by atoms with Crippen LogP contribution in [0.4, 0.5) is 14.9 Å². The number of benzene rings is 1. The molecule has 0 saturated carbocycles. The lowest BCUT2D eigenvalue weighted by Gasteiger charge is -2.52. The van der Waals surface area contributed by atoms with Gasteiger partial charge in [-0.1, -0.05) is 17.7 Å². The summed E-state index contributed by atoms with van der Waals surface area (Å²) in [5, 5.41) is 10.3. The number of hydrogen-bond acceptors (Lipinski definition) is 4. The predicted octanol–water partition coefficient (Wildman–Crippen LogP) is 4.65. The van der Waals surface area contributed by atoms with Gasteiger partial charge < -0.3 is 10.0 Å². The molecule has 1 aromatic heterocycles. The van der Waals surface area contributed by atoms with E-state index in [4.69, 9.17) is 11.6 Å². The average molecular weight is 478 g/mol. The van der Waals surface area contributed by atoms with Crippen LogP contribution in [0.15, 0.2) is 36.5 Å². The maximum atomic E-state index is 15.0. The monoisotopic (exact) mass is 477 g/mol. The molecular formula is C24H31ClFN4O3+. The summed E-state index contributed by atoms with van der Waals surface area (Å²) in [6.07, 6.45) is 0.560. The van der Waals surface area contributed by atoms with Crippen LogP contribution in [0.3, 0.4) is 0 Å². The summed E-state index contributed by atoms with van der Waals surface area (Å²) in [4.78, 5) is 32.2. The Labute approximate surface area is 199 Å². The topological polar surface area (TPSA) is 73.7 Å². The van der Waals surface area contributed by atoms with E-state index in [1.165, 1.54) is 23.2 Å². The SMILES string of the molecule is C[C@H]1CN(Cc2ccc(N(C)C(=O)c3ccc(Cl)nc3)cc2F)CC[N+]1(C(=O)O)C(C)(C)C. The van der Waals surface area contributed by atoms with Crippen LogP contribution in [0.25, 0.3) is 0 Å². The number of carboxylic acid groups (broad SMARTS) is 1. The highest BCUT2D eigenvalue weighted by Gasteiger charge is 2.54. The average Bonchev–Trinajstić information content (AvgIpc) is 2.73. The summed E-state index contributed by atoms with van der Waals surface area (Å²) < 4.78 is 14.9. The summed E-state index contributed by atoms with van der Waals surface area (Å²) >= 11 is 5.77. The van der Waals surface area contributed by atoms with Gasteiger partial charge in [0, 0.05) is 37.6 Å². The van der Waals surface area contributed by atoms with Crippen LogP contribution in [0.1, 0.15) is 43.6 Å². The zero-order valence-electron chi connectivity index (χ0n) is 19.7. The van der Waals surface area contributed by atoms with Crippen LogP contribution in [-0.4, -0.2) is 69.7 Å². The molecule has 178 valence electrons. The summed E-state index contributed by atoms with van der Waals surface area (Å²) in [6.45, 7) is 9.71. The number of amides is 2. The van der Waals surface area contributed by atoms with E-state index < -0.39 is 17.4 Å². The van der Waals surface area contributed by atoms with Crippen molar-refractivity contribution in [3.63, 3.8) is 0 Å². The number of carbonyl (C=O) groups is 2. The van der Waals surface area contributed by atoms with Gasteiger partial charge in [0.1, 0.15) is 29.1 Å². The minimum atomic E-state index is -0.825.